The number of imide groups is 1. The molecule has 0 unspecified atom stereocenters. The van der Waals surface area contributed by atoms with Crippen LogP contribution in [0.15, 0.2) is 12.4 Å². The average molecular weight is 254 g/mol. The summed E-state index contributed by atoms with van der Waals surface area (Å²) in [7, 11) is 1.75. The summed E-state index contributed by atoms with van der Waals surface area (Å²) in [6, 6.07) is -0.658. The van der Waals surface area contributed by atoms with Gasteiger partial charge in [-0.1, -0.05) is 0 Å². The van der Waals surface area contributed by atoms with Gasteiger partial charge >= 0.3 is 12.0 Å². The van der Waals surface area contributed by atoms with E-state index in [2.05, 4.69) is 10.4 Å². The van der Waals surface area contributed by atoms with Crippen LogP contribution in [0.1, 0.15) is 18.4 Å². The average Bonchev–Trinajstić information content (AvgIpc) is 2.70. The molecule has 0 atom stereocenters. The van der Waals surface area contributed by atoms with Crippen LogP contribution >= 0.6 is 0 Å². The largest absolute Gasteiger partial charge is 0.481 e. The molecule has 1 rings (SSSR count). The number of amides is 3. The number of carboxylic acids is 1. The summed E-state index contributed by atoms with van der Waals surface area (Å²) >= 11 is 0. The van der Waals surface area contributed by atoms with Crippen LogP contribution in [0.2, 0.25) is 0 Å². The van der Waals surface area contributed by atoms with Crippen molar-refractivity contribution >= 4 is 17.9 Å². The lowest BCUT2D eigenvalue weighted by Gasteiger charge is -2.04. The Morgan fingerprint density at radius 3 is 2.67 bits per heavy atom. The van der Waals surface area contributed by atoms with Gasteiger partial charge in [0.25, 0.3) is 0 Å². The van der Waals surface area contributed by atoms with Gasteiger partial charge in [-0.05, 0) is 0 Å². The molecule has 0 aliphatic heterocycles. The maximum Gasteiger partial charge on any atom is 0.321 e. The minimum Gasteiger partial charge on any atom is -0.481 e. The summed E-state index contributed by atoms with van der Waals surface area (Å²) in [5, 5.41) is 16.8. The number of carbonyl (C=O) groups is 3. The zero-order chi connectivity index (χ0) is 13.5. The number of hydrogen-bond donors (Lipinski definition) is 3. The third-order valence-electron chi connectivity index (χ3n) is 2.03. The van der Waals surface area contributed by atoms with Gasteiger partial charge < -0.3 is 10.4 Å². The zero-order valence-electron chi connectivity index (χ0n) is 9.84. The molecular formula is C10H14N4O4. The van der Waals surface area contributed by atoms with Gasteiger partial charge in [0.05, 0.1) is 12.6 Å². The molecule has 0 bridgehead atoms. The van der Waals surface area contributed by atoms with E-state index >= 15 is 0 Å². The second-order valence-corrected chi connectivity index (χ2v) is 3.65. The molecule has 0 aromatic carbocycles. The molecule has 3 amide bonds. The van der Waals surface area contributed by atoms with Gasteiger partial charge in [-0.25, -0.2) is 4.79 Å². The fraction of sp³-hybridized carbons (Fsp3) is 0.400. The third-order valence-corrected chi connectivity index (χ3v) is 2.03. The number of urea groups is 1. The Bertz CT molecular complexity index is 454. The van der Waals surface area contributed by atoms with E-state index in [0.717, 1.165) is 5.56 Å². The van der Waals surface area contributed by atoms with Gasteiger partial charge in [-0.15, -0.1) is 0 Å². The van der Waals surface area contributed by atoms with Crippen LogP contribution < -0.4 is 10.6 Å². The molecule has 98 valence electrons. The Morgan fingerprint density at radius 1 is 1.39 bits per heavy atom. The molecular weight excluding hydrogens is 240 g/mol. The van der Waals surface area contributed by atoms with Crippen LogP contribution in [0.25, 0.3) is 0 Å². The van der Waals surface area contributed by atoms with E-state index in [9.17, 15) is 14.4 Å². The lowest BCUT2D eigenvalue weighted by atomic mass is 10.3. The normalized spacial score (nSPS) is 9.83. The lowest BCUT2D eigenvalue weighted by Crippen LogP contribution is -2.39. The molecule has 3 N–H and O–H groups in total. The van der Waals surface area contributed by atoms with Gasteiger partial charge in [-0.2, -0.15) is 5.10 Å². The summed E-state index contributed by atoms with van der Waals surface area (Å²) in [5.41, 5.74) is 0.797. The van der Waals surface area contributed by atoms with Crippen molar-refractivity contribution in [2.75, 3.05) is 0 Å². The predicted octanol–water partition coefficient (Wildman–Crippen LogP) is -0.389. The molecule has 0 saturated carbocycles. The minimum absolute atomic E-state index is 0.227. The van der Waals surface area contributed by atoms with E-state index < -0.39 is 17.9 Å². The molecule has 8 heteroatoms. The number of nitrogens with one attached hydrogen (secondary N) is 2. The van der Waals surface area contributed by atoms with Gasteiger partial charge in [0.15, 0.2) is 0 Å². The molecule has 8 nitrogen and oxygen atoms in total. The molecule has 0 radical (unpaired) electrons. The first-order chi connectivity index (χ1) is 8.47. The molecule has 0 fully saturated rings. The Labute approximate surface area is 103 Å². The van der Waals surface area contributed by atoms with Crippen molar-refractivity contribution < 1.29 is 19.5 Å². The number of carboxylic acid groups (broad SMARTS) is 1. The molecule has 1 aromatic heterocycles. The highest BCUT2D eigenvalue weighted by molar-refractivity contribution is 5.95. The van der Waals surface area contributed by atoms with Crippen LogP contribution in [0.5, 0.6) is 0 Å². The minimum atomic E-state index is -1.08. The number of aryl methyl sites for hydroxylation is 1. The van der Waals surface area contributed by atoms with Gasteiger partial charge in [0.2, 0.25) is 5.91 Å². The molecule has 0 aliphatic carbocycles. The fourth-order valence-corrected chi connectivity index (χ4v) is 1.20. The smallest absolute Gasteiger partial charge is 0.321 e. The second kappa shape index (κ2) is 6.38. The number of carbonyl (C=O) groups excluding carboxylic acids is 2. The molecule has 0 aliphatic rings. The maximum atomic E-state index is 11.3. The Hall–Kier alpha value is -2.38. The third kappa shape index (κ3) is 5.10. The molecule has 0 spiro atoms. The highest BCUT2D eigenvalue weighted by atomic mass is 16.4. The zero-order valence-corrected chi connectivity index (χ0v) is 9.84. The number of aromatic nitrogens is 2. The number of rotatable bonds is 5. The summed E-state index contributed by atoms with van der Waals surface area (Å²) in [4.78, 5) is 32.6. The first kappa shape index (κ1) is 13.7. The Kier molecular flexibility index (Phi) is 4.85. The molecule has 1 heterocycles. The molecule has 0 saturated heterocycles. The summed E-state index contributed by atoms with van der Waals surface area (Å²) in [6.07, 6.45) is 2.79. The maximum absolute atomic E-state index is 11.3. The van der Waals surface area contributed by atoms with Crippen LogP contribution in [0.3, 0.4) is 0 Å². The highest BCUT2D eigenvalue weighted by Crippen LogP contribution is 1.94. The summed E-state index contributed by atoms with van der Waals surface area (Å²) in [5.74, 6) is -1.71. The van der Waals surface area contributed by atoms with Crippen molar-refractivity contribution in [2.24, 2.45) is 7.05 Å². The van der Waals surface area contributed by atoms with Crippen LogP contribution in [0.4, 0.5) is 4.79 Å². The van der Waals surface area contributed by atoms with E-state index in [-0.39, 0.29) is 19.4 Å². The molecule has 1 aromatic rings. The van der Waals surface area contributed by atoms with E-state index in [1.54, 1.807) is 24.1 Å². The number of hydrogen-bond acceptors (Lipinski definition) is 4. The van der Waals surface area contributed by atoms with Gasteiger partial charge in [0.1, 0.15) is 0 Å². The van der Waals surface area contributed by atoms with Crippen molar-refractivity contribution in [1.82, 2.24) is 20.4 Å². The number of aliphatic carboxylic acids is 1. The van der Waals surface area contributed by atoms with Crippen molar-refractivity contribution in [3.63, 3.8) is 0 Å². The van der Waals surface area contributed by atoms with Crippen LogP contribution in [-0.4, -0.2) is 32.8 Å². The summed E-state index contributed by atoms with van der Waals surface area (Å²) < 4.78 is 1.59. The van der Waals surface area contributed by atoms with Gasteiger partial charge in [-0.3, -0.25) is 19.6 Å². The first-order valence-corrected chi connectivity index (χ1v) is 5.24. The quantitative estimate of drug-likeness (QED) is 0.662. The van der Waals surface area contributed by atoms with Crippen LogP contribution in [0, 0.1) is 0 Å². The van der Waals surface area contributed by atoms with Gasteiger partial charge in [0, 0.05) is 31.8 Å². The van der Waals surface area contributed by atoms with Crippen molar-refractivity contribution in [3.8, 4) is 0 Å². The Balaban J connectivity index is 2.25. The topological polar surface area (TPSA) is 113 Å². The van der Waals surface area contributed by atoms with E-state index in [0.29, 0.717) is 0 Å². The molecule has 18 heavy (non-hydrogen) atoms. The predicted molar refractivity (Wildman–Crippen MR) is 60.5 cm³/mol. The van der Waals surface area contributed by atoms with Crippen LogP contribution in [-0.2, 0) is 23.2 Å². The fourth-order valence-electron chi connectivity index (χ4n) is 1.20. The van der Waals surface area contributed by atoms with E-state index in [1.807, 2.05) is 5.32 Å². The highest BCUT2D eigenvalue weighted by Gasteiger charge is 2.09. The summed E-state index contributed by atoms with van der Waals surface area (Å²) in [6.45, 7) is 0.242. The van der Waals surface area contributed by atoms with E-state index in [4.69, 9.17) is 5.11 Å². The SMILES string of the molecule is Cn1cc(CNC(=O)NC(=O)CCC(=O)O)cn1. The lowest BCUT2D eigenvalue weighted by molar-refractivity contribution is -0.138. The van der Waals surface area contributed by atoms with Crippen molar-refractivity contribution in [1.29, 1.82) is 0 Å². The number of nitrogens with zero attached hydrogens (tertiary/aromatic N) is 2. The second-order valence-electron chi connectivity index (χ2n) is 3.65. The standard InChI is InChI=1S/C10H14N4O4/c1-14-6-7(5-12-14)4-11-10(18)13-8(15)2-3-9(16)17/h5-6H,2-4H2,1H3,(H,16,17)(H2,11,13,15,18). The first-order valence-electron chi connectivity index (χ1n) is 5.24. The van der Waals surface area contributed by atoms with E-state index in [1.165, 1.54) is 0 Å². The Morgan fingerprint density at radius 2 is 2.11 bits per heavy atom. The van der Waals surface area contributed by atoms with Crippen molar-refractivity contribution in [3.05, 3.63) is 18.0 Å². The monoisotopic (exact) mass is 254 g/mol. The van der Waals surface area contributed by atoms with Crippen molar-refractivity contribution in [2.45, 2.75) is 19.4 Å².